The number of para-hydroxylation sites is 1. The summed E-state index contributed by atoms with van der Waals surface area (Å²) < 4.78 is 26.5. The Balaban J connectivity index is 1.74. The first-order valence-electron chi connectivity index (χ1n) is 7.86. The van der Waals surface area contributed by atoms with Gasteiger partial charge < -0.3 is 10.6 Å². The molecule has 1 heterocycles. The molecule has 3 aromatic rings. The van der Waals surface area contributed by atoms with Crippen LogP contribution in [0.1, 0.15) is 21.5 Å². The van der Waals surface area contributed by atoms with E-state index in [1.807, 2.05) is 32.0 Å². The average molecular weight is 354 g/mol. The van der Waals surface area contributed by atoms with Crippen molar-refractivity contribution in [2.24, 2.45) is 0 Å². The first kappa shape index (κ1) is 17.5. The van der Waals surface area contributed by atoms with E-state index in [0.717, 1.165) is 28.9 Å². The van der Waals surface area contributed by atoms with Crippen molar-refractivity contribution in [3.63, 3.8) is 0 Å². The lowest BCUT2D eigenvalue weighted by atomic mass is 10.1. The molecule has 0 saturated carbocycles. The Morgan fingerprint density at radius 1 is 1.00 bits per heavy atom. The molecule has 7 heteroatoms. The van der Waals surface area contributed by atoms with E-state index in [4.69, 9.17) is 0 Å². The Morgan fingerprint density at radius 3 is 2.27 bits per heavy atom. The van der Waals surface area contributed by atoms with Gasteiger partial charge in [0.25, 0.3) is 5.91 Å². The number of amides is 1. The first-order valence-corrected chi connectivity index (χ1v) is 7.86. The highest BCUT2D eigenvalue weighted by Gasteiger charge is 2.12. The van der Waals surface area contributed by atoms with Gasteiger partial charge in [0, 0.05) is 24.1 Å². The second-order valence-corrected chi connectivity index (χ2v) is 5.77. The van der Waals surface area contributed by atoms with Crippen LogP contribution in [0.5, 0.6) is 0 Å². The summed E-state index contributed by atoms with van der Waals surface area (Å²) in [6, 6.07) is 8.80. The largest absolute Gasteiger partial charge is 0.324 e. The zero-order chi connectivity index (χ0) is 18.7. The van der Waals surface area contributed by atoms with Crippen LogP contribution in [0, 0.1) is 25.5 Å². The summed E-state index contributed by atoms with van der Waals surface area (Å²) in [7, 11) is 0. The minimum absolute atomic E-state index is 0.117. The summed E-state index contributed by atoms with van der Waals surface area (Å²) in [6.07, 6.45) is 2.67. The molecule has 0 saturated heterocycles. The van der Waals surface area contributed by atoms with Gasteiger partial charge in [-0.05, 0) is 37.1 Å². The number of nitrogens with one attached hydrogen (secondary N) is 2. The third-order valence-corrected chi connectivity index (χ3v) is 3.81. The maximum absolute atomic E-state index is 13.6. The molecule has 0 spiro atoms. The number of hydrogen-bond donors (Lipinski definition) is 2. The van der Waals surface area contributed by atoms with Crippen molar-refractivity contribution in [1.82, 2.24) is 9.97 Å². The van der Waals surface area contributed by atoms with Gasteiger partial charge in [0.15, 0.2) is 0 Å². The van der Waals surface area contributed by atoms with E-state index in [-0.39, 0.29) is 11.3 Å². The molecule has 132 valence electrons. The monoisotopic (exact) mass is 354 g/mol. The van der Waals surface area contributed by atoms with Gasteiger partial charge in [-0.3, -0.25) is 4.79 Å². The van der Waals surface area contributed by atoms with Gasteiger partial charge in [-0.25, -0.2) is 18.7 Å². The number of benzene rings is 2. The van der Waals surface area contributed by atoms with E-state index in [1.54, 1.807) is 0 Å². The third kappa shape index (κ3) is 3.83. The van der Waals surface area contributed by atoms with Gasteiger partial charge in [0.1, 0.15) is 11.6 Å². The van der Waals surface area contributed by atoms with Crippen LogP contribution >= 0.6 is 0 Å². The van der Waals surface area contributed by atoms with Crippen molar-refractivity contribution in [3.8, 4) is 0 Å². The number of rotatable bonds is 4. The fourth-order valence-corrected chi connectivity index (χ4v) is 2.42. The minimum atomic E-state index is -0.854. The van der Waals surface area contributed by atoms with E-state index in [9.17, 15) is 13.6 Å². The van der Waals surface area contributed by atoms with Crippen molar-refractivity contribution in [2.75, 3.05) is 10.6 Å². The number of halogens is 2. The maximum atomic E-state index is 13.6. The van der Waals surface area contributed by atoms with E-state index in [2.05, 4.69) is 20.6 Å². The summed E-state index contributed by atoms with van der Waals surface area (Å²) in [5.74, 6) is -1.82. The van der Waals surface area contributed by atoms with Crippen molar-refractivity contribution >= 4 is 23.2 Å². The number of hydrogen-bond acceptors (Lipinski definition) is 4. The molecule has 3 rings (SSSR count). The second kappa shape index (κ2) is 7.26. The maximum Gasteiger partial charge on any atom is 0.258 e. The van der Waals surface area contributed by atoms with Crippen molar-refractivity contribution in [1.29, 1.82) is 0 Å². The average Bonchev–Trinajstić information content (AvgIpc) is 2.61. The zero-order valence-electron chi connectivity index (χ0n) is 14.2. The molecular weight excluding hydrogens is 338 g/mol. The van der Waals surface area contributed by atoms with Gasteiger partial charge in [-0.15, -0.1) is 0 Å². The lowest BCUT2D eigenvalue weighted by Crippen LogP contribution is -2.14. The second-order valence-electron chi connectivity index (χ2n) is 5.77. The smallest absolute Gasteiger partial charge is 0.258 e. The molecule has 0 bridgehead atoms. The van der Waals surface area contributed by atoms with Gasteiger partial charge in [0.05, 0.1) is 11.3 Å². The zero-order valence-corrected chi connectivity index (χ0v) is 14.2. The van der Waals surface area contributed by atoms with E-state index in [0.29, 0.717) is 12.0 Å². The molecule has 2 N–H and O–H groups in total. The van der Waals surface area contributed by atoms with Crippen LogP contribution in [0.4, 0.5) is 26.1 Å². The fourth-order valence-electron chi connectivity index (χ4n) is 2.42. The van der Waals surface area contributed by atoms with Gasteiger partial charge in [-0.1, -0.05) is 18.2 Å². The van der Waals surface area contributed by atoms with E-state index < -0.39 is 17.5 Å². The van der Waals surface area contributed by atoms with Gasteiger partial charge in [-0.2, -0.15) is 0 Å². The fraction of sp³-hybridized carbons (Fsp3) is 0.105. The molecule has 0 atom stereocenters. The standard InChI is InChI=1S/C19H16F2N4O/c1-11-4-3-5-12(2)17(11)25-19-22-9-13(10-23-19)18(26)24-16-7-6-14(20)8-15(16)21/h3-10H,1-2H3,(H,24,26)(H,22,23,25). The molecule has 26 heavy (non-hydrogen) atoms. The minimum Gasteiger partial charge on any atom is -0.324 e. The Bertz CT molecular complexity index is 938. The van der Waals surface area contributed by atoms with E-state index >= 15 is 0 Å². The summed E-state index contributed by atoms with van der Waals surface area (Å²) in [6.45, 7) is 3.93. The normalized spacial score (nSPS) is 10.5. The quantitative estimate of drug-likeness (QED) is 0.730. The molecule has 0 radical (unpaired) electrons. The van der Waals surface area contributed by atoms with Crippen LogP contribution in [0.3, 0.4) is 0 Å². The highest BCUT2D eigenvalue weighted by molar-refractivity contribution is 6.03. The Kier molecular flexibility index (Phi) is 4.88. The van der Waals surface area contributed by atoms with Crippen LogP contribution in [0.25, 0.3) is 0 Å². The molecule has 0 fully saturated rings. The number of aryl methyl sites for hydroxylation is 2. The highest BCUT2D eigenvalue weighted by atomic mass is 19.1. The lowest BCUT2D eigenvalue weighted by molar-refractivity contribution is 0.102. The molecule has 0 unspecified atom stereocenters. The number of anilines is 3. The summed E-state index contributed by atoms with van der Waals surface area (Å²) in [5.41, 5.74) is 3.03. The number of carbonyl (C=O) groups excluding carboxylic acids is 1. The number of aromatic nitrogens is 2. The van der Waals surface area contributed by atoms with Crippen molar-refractivity contribution < 1.29 is 13.6 Å². The van der Waals surface area contributed by atoms with Gasteiger partial charge >= 0.3 is 0 Å². The molecule has 0 aliphatic rings. The first-order chi connectivity index (χ1) is 12.4. The topological polar surface area (TPSA) is 66.9 Å². The van der Waals surface area contributed by atoms with Crippen LogP contribution in [-0.4, -0.2) is 15.9 Å². The highest BCUT2D eigenvalue weighted by Crippen LogP contribution is 2.22. The summed E-state index contributed by atoms with van der Waals surface area (Å²) in [4.78, 5) is 20.4. The van der Waals surface area contributed by atoms with Crippen LogP contribution in [0.2, 0.25) is 0 Å². The predicted molar refractivity (Wildman–Crippen MR) is 95.5 cm³/mol. The molecule has 0 aliphatic heterocycles. The molecule has 2 aromatic carbocycles. The Hall–Kier alpha value is -3.35. The van der Waals surface area contributed by atoms with Crippen molar-refractivity contribution in [2.45, 2.75) is 13.8 Å². The third-order valence-electron chi connectivity index (χ3n) is 3.81. The Morgan fingerprint density at radius 2 is 1.65 bits per heavy atom. The summed E-state index contributed by atoms with van der Waals surface area (Å²) in [5, 5.41) is 5.48. The van der Waals surface area contributed by atoms with Crippen molar-refractivity contribution in [3.05, 3.63) is 77.1 Å². The number of carbonyl (C=O) groups is 1. The molecule has 0 aliphatic carbocycles. The molecule has 1 amide bonds. The van der Waals surface area contributed by atoms with Crippen LogP contribution < -0.4 is 10.6 Å². The predicted octanol–water partition coefficient (Wildman–Crippen LogP) is 4.37. The molecule has 1 aromatic heterocycles. The SMILES string of the molecule is Cc1cccc(C)c1Nc1ncc(C(=O)Nc2ccc(F)cc2F)cn1. The Labute approximate surface area is 149 Å². The van der Waals surface area contributed by atoms with Crippen LogP contribution in [-0.2, 0) is 0 Å². The lowest BCUT2D eigenvalue weighted by Gasteiger charge is -2.11. The molecule has 5 nitrogen and oxygen atoms in total. The number of nitrogens with zero attached hydrogens (tertiary/aromatic N) is 2. The van der Waals surface area contributed by atoms with E-state index in [1.165, 1.54) is 12.4 Å². The molecular formula is C19H16F2N4O. The summed E-state index contributed by atoms with van der Waals surface area (Å²) >= 11 is 0. The van der Waals surface area contributed by atoms with Gasteiger partial charge in [0.2, 0.25) is 5.95 Å². The van der Waals surface area contributed by atoms with Crippen LogP contribution in [0.15, 0.2) is 48.8 Å².